The van der Waals surface area contributed by atoms with Crippen molar-refractivity contribution in [2.45, 2.75) is 32.6 Å². The fraction of sp³-hybridized carbons (Fsp3) is 0.280. The van der Waals surface area contributed by atoms with Crippen molar-refractivity contribution in [1.29, 1.82) is 0 Å². The number of ether oxygens (including phenoxy) is 1. The Morgan fingerprint density at radius 3 is 2.94 bits per heavy atom. The molecule has 0 unspecified atom stereocenters. The number of H-pyrrole nitrogens is 1. The highest BCUT2D eigenvalue weighted by atomic mass is 35.5. The molecule has 0 saturated heterocycles. The molecule has 164 valence electrons. The van der Waals surface area contributed by atoms with Gasteiger partial charge in [-0.05, 0) is 79.6 Å². The van der Waals surface area contributed by atoms with Gasteiger partial charge >= 0.3 is 5.63 Å². The van der Waals surface area contributed by atoms with Crippen LogP contribution in [0.3, 0.4) is 0 Å². The molecule has 4 aromatic rings. The maximum Gasteiger partial charge on any atom is 0.339 e. The number of benzene rings is 2. The molecule has 2 aromatic carbocycles. The van der Waals surface area contributed by atoms with Gasteiger partial charge in [-0.2, -0.15) is 0 Å². The van der Waals surface area contributed by atoms with Crippen molar-refractivity contribution in [2.75, 3.05) is 13.2 Å². The molecule has 5 rings (SSSR count). The third kappa shape index (κ3) is 3.86. The summed E-state index contributed by atoms with van der Waals surface area (Å²) in [7, 11) is 0. The summed E-state index contributed by atoms with van der Waals surface area (Å²) in [6.45, 7) is 2.29. The molecule has 0 saturated carbocycles. The van der Waals surface area contributed by atoms with Crippen LogP contribution in [0.15, 0.2) is 45.7 Å². The number of halogens is 1. The van der Waals surface area contributed by atoms with Crippen molar-refractivity contribution in [3.8, 4) is 5.75 Å². The monoisotopic (exact) mass is 450 g/mol. The molecule has 1 aliphatic carbocycles. The van der Waals surface area contributed by atoms with Crippen LogP contribution in [0.1, 0.15) is 28.7 Å². The summed E-state index contributed by atoms with van der Waals surface area (Å²) in [6, 6.07) is 9.45. The van der Waals surface area contributed by atoms with Crippen molar-refractivity contribution in [1.82, 2.24) is 10.3 Å². The second-order valence-electron chi connectivity index (χ2n) is 8.23. The lowest BCUT2D eigenvalue weighted by Crippen LogP contribution is -2.30. The molecule has 32 heavy (non-hydrogen) atoms. The molecule has 0 spiro atoms. The first-order valence-corrected chi connectivity index (χ1v) is 11.1. The van der Waals surface area contributed by atoms with Crippen LogP contribution in [0.5, 0.6) is 5.75 Å². The zero-order valence-electron chi connectivity index (χ0n) is 17.7. The third-order valence-electron chi connectivity index (χ3n) is 5.98. The number of aromatic amines is 1. The Balaban J connectivity index is 1.26. The van der Waals surface area contributed by atoms with E-state index in [0.717, 1.165) is 57.8 Å². The summed E-state index contributed by atoms with van der Waals surface area (Å²) < 4.78 is 11.4. The largest absolute Gasteiger partial charge is 0.483 e. The van der Waals surface area contributed by atoms with Crippen molar-refractivity contribution < 1.29 is 13.9 Å². The quantitative estimate of drug-likeness (QED) is 0.425. The van der Waals surface area contributed by atoms with Gasteiger partial charge in [0.2, 0.25) is 0 Å². The predicted molar refractivity (Wildman–Crippen MR) is 125 cm³/mol. The lowest BCUT2D eigenvalue weighted by molar-refractivity contribution is -0.123. The number of rotatable bonds is 6. The Morgan fingerprint density at radius 1 is 1.22 bits per heavy atom. The van der Waals surface area contributed by atoms with Gasteiger partial charge in [-0.25, -0.2) is 4.79 Å². The molecule has 1 amide bonds. The average molecular weight is 451 g/mol. The van der Waals surface area contributed by atoms with Gasteiger partial charge in [-0.1, -0.05) is 11.6 Å². The molecule has 1 aliphatic rings. The zero-order valence-corrected chi connectivity index (χ0v) is 18.5. The van der Waals surface area contributed by atoms with E-state index in [2.05, 4.69) is 10.3 Å². The highest BCUT2D eigenvalue weighted by Gasteiger charge is 2.22. The van der Waals surface area contributed by atoms with Crippen LogP contribution in [0, 0.1) is 6.92 Å². The van der Waals surface area contributed by atoms with Gasteiger partial charge in [0, 0.05) is 34.2 Å². The minimum absolute atomic E-state index is 0.105. The minimum Gasteiger partial charge on any atom is -0.483 e. The second kappa shape index (κ2) is 8.36. The summed E-state index contributed by atoms with van der Waals surface area (Å²) in [5, 5.41) is 5.47. The van der Waals surface area contributed by atoms with E-state index in [0.29, 0.717) is 29.3 Å². The summed E-state index contributed by atoms with van der Waals surface area (Å²) in [5.74, 6) is 0.384. The minimum atomic E-state index is -0.266. The van der Waals surface area contributed by atoms with E-state index in [1.807, 2.05) is 43.5 Å². The molecule has 0 bridgehead atoms. The topological polar surface area (TPSA) is 84.3 Å². The second-order valence-corrected chi connectivity index (χ2v) is 8.67. The highest BCUT2D eigenvalue weighted by Crippen LogP contribution is 2.35. The lowest BCUT2D eigenvalue weighted by atomic mass is 10.0. The molecular weight excluding hydrogens is 428 g/mol. The fourth-order valence-corrected chi connectivity index (χ4v) is 4.68. The molecular formula is C25H23ClN2O4. The van der Waals surface area contributed by atoms with Crippen LogP contribution in [0.2, 0.25) is 5.02 Å². The van der Waals surface area contributed by atoms with Gasteiger partial charge < -0.3 is 19.5 Å². The van der Waals surface area contributed by atoms with E-state index in [9.17, 15) is 9.59 Å². The van der Waals surface area contributed by atoms with Crippen molar-refractivity contribution in [2.24, 2.45) is 0 Å². The van der Waals surface area contributed by atoms with Crippen LogP contribution < -0.4 is 15.7 Å². The summed E-state index contributed by atoms with van der Waals surface area (Å²) in [6.07, 6.45) is 5.08. The van der Waals surface area contributed by atoms with E-state index in [1.54, 1.807) is 0 Å². The van der Waals surface area contributed by atoms with Gasteiger partial charge in [-0.15, -0.1) is 0 Å². The first-order valence-electron chi connectivity index (χ1n) is 10.7. The Bertz CT molecular complexity index is 1400. The van der Waals surface area contributed by atoms with Crippen LogP contribution >= 0.6 is 11.6 Å². The van der Waals surface area contributed by atoms with Gasteiger partial charge in [0.25, 0.3) is 5.91 Å². The smallest absolute Gasteiger partial charge is 0.339 e. The summed E-state index contributed by atoms with van der Waals surface area (Å²) in [5.41, 5.74) is 5.00. The normalized spacial score (nSPS) is 12.9. The Labute approximate surface area is 189 Å². The van der Waals surface area contributed by atoms with E-state index in [-0.39, 0.29) is 18.1 Å². The van der Waals surface area contributed by atoms with Gasteiger partial charge in [0.1, 0.15) is 11.3 Å². The number of nitrogens with one attached hydrogen (secondary N) is 2. The van der Waals surface area contributed by atoms with Crippen molar-refractivity contribution >= 4 is 39.4 Å². The maximum atomic E-state index is 12.4. The Morgan fingerprint density at radius 2 is 2.06 bits per heavy atom. The highest BCUT2D eigenvalue weighted by molar-refractivity contribution is 6.31. The van der Waals surface area contributed by atoms with Gasteiger partial charge in [0.15, 0.2) is 6.61 Å². The number of carbonyl (C=O) groups is 1. The van der Waals surface area contributed by atoms with Crippen LogP contribution in [0.4, 0.5) is 0 Å². The molecule has 0 aliphatic heterocycles. The zero-order chi connectivity index (χ0) is 22.2. The number of hydrogen-bond acceptors (Lipinski definition) is 4. The third-order valence-corrected chi connectivity index (χ3v) is 6.22. The van der Waals surface area contributed by atoms with E-state index in [4.69, 9.17) is 20.8 Å². The summed E-state index contributed by atoms with van der Waals surface area (Å²) >= 11 is 6.10. The number of fused-ring (bicyclic) bond motifs is 4. The van der Waals surface area contributed by atoms with Crippen LogP contribution in [-0.4, -0.2) is 24.0 Å². The first-order chi connectivity index (χ1) is 15.5. The maximum absolute atomic E-state index is 12.4. The van der Waals surface area contributed by atoms with Crippen LogP contribution in [0.25, 0.3) is 21.9 Å². The standard InChI is InChI=1S/C25H23ClN2O4/c1-14-9-21(24-17-3-2-4-18(17)25(30)32-22(24)10-14)31-13-23(29)27-8-7-15-12-28-20-6-5-16(26)11-19(15)20/h5-6,9-12,28H,2-4,7-8,13H2,1H3,(H,27,29). The average Bonchev–Trinajstić information content (AvgIpc) is 3.39. The predicted octanol–water partition coefficient (Wildman–Crippen LogP) is 4.46. The number of hydrogen-bond donors (Lipinski definition) is 2. The Hall–Kier alpha value is -3.25. The number of aryl methyl sites for hydroxylation is 2. The van der Waals surface area contributed by atoms with Gasteiger partial charge in [-0.3, -0.25) is 4.79 Å². The SMILES string of the molecule is Cc1cc(OCC(=O)NCCc2c[nH]c3ccc(Cl)cc23)c2c3c(c(=O)oc2c1)CCC3. The molecule has 6 nitrogen and oxygen atoms in total. The molecule has 0 atom stereocenters. The van der Waals surface area contributed by atoms with E-state index < -0.39 is 0 Å². The van der Waals surface area contributed by atoms with E-state index in [1.165, 1.54) is 0 Å². The summed E-state index contributed by atoms with van der Waals surface area (Å²) in [4.78, 5) is 27.9. The number of carbonyl (C=O) groups excluding carboxylic acids is 1. The number of aromatic nitrogens is 1. The molecule has 0 radical (unpaired) electrons. The molecule has 2 aromatic heterocycles. The Kier molecular flexibility index (Phi) is 5.39. The molecule has 0 fully saturated rings. The van der Waals surface area contributed by atoms with Crippen molar-refractivity contribution in [3.63, 3.8) is 0 Å². The van der Waals surface area contributed by atoms with E-state index >= 15 is 0 Å². The first kappa shape index (κ1) is 20.6. The van der Waals surface area contributed by atoms with Crippen LogP contribution in [-0.2, 0) is 24.1 Å². The molecule has 2 heterocycles. The van der Waals surface area contributed by atoms with Gasteiger partial charge in [0.05, 0.1) is 5.39 Å². The number of amides is 1. The molecule has 7 heteroatoms. The fourth-order valence-electron chi connectivity index (χ4n) is 4.51. The lowest BCUT2D eigenvalue weighted by Gasteiger charge is -2.13. The molecule has 2 N–H and O–H groups in total. The van der Waals surface area contributed by atoms with Crippen molar-refractivity contribution in [3.05, 3.63) is 74.2 Å².